The maximum atomic E-state index is 13.0. The monoisotopic (exact) mass is 498 g/mol. The zero-order valence-corrected chi connectivity index (χ0v) is 20.8. The number of rotatable bonds is 6. The van der Waals surface area contributed by atoms with Crippen LogP contribution in [0.2, 0.25) is 0 Å². The molecule has 3 fully saturated rings. The summed E-state index contributed by atoms with van der Waals surface area (Å²) < 4.78 is 51.0. The van der Waals surface area contributed by atoms with Crippen LogP contribution in [0.3, 0.4) is 0 Å². The number of benzene rings is 1. The van der Waals surface area contributed by atoms with Crippen molar-refractivity contribution in [3.05, 3.63) is 23.8 Å². The molecule has 33 heavy (non-hydrogen) atoms. The summed E-state index contributed by atoms with van der Waals surface area (Å²) in [5.41, 5.74) is 1.33. The molecule has 3 heterocycles. The Morgan fingerprint density at radius 1 is 1.06 bits per heavy atom. The molecule has 11 heteroatoms. The number of hydrogen-bond acceptors (Lipinski definition) is 7. The number of hydrogen-bond donors (Lipinski definition) is 1. The Hall–Kier alpha value is -1.53. The van der Waals surface area contributed by atoms with Crippen LogP contribution in [0.5, 0.6) is 0 Å². The molecular formula is C22H34N4O5S2. The molecule has 184 valence electrons. The Morgan fingerprint density at radius 3 is 2.39 bits per heavy atom. The molecule has 0 radical (unpaired) electrons. The lowest BCUT2D eigenvalue weighted by Crippen LogP contribution is -2.52. The van der Waals surface area contributed by atoms with Gasteiger partial charge in [0.25, 0.3) is 0 Å². The van der Waals surface area contributed by atoms with Crippen LogP contribution in [-0.2, 0) is 24.7 Å². The van der Waals surface area contributed by atoms with Gasteiger partial charge in [-0.25, -0.2) is 16.8 Å². The lowest BCUT2D eigenvalue weighted by molar-refractivity contribution is -0.117. The first-order valence-corrected chi connectivity index (χ1v) is 15.0. The molecule has 0 spiro atoms. The van der Waals surface area contributed by atoms with Crippen LogP contribution in [0.4, 0.5) is 5.69 Å². The number of carbonyl (C=O) groups excluding carboxylic acids is 1. The van der Waals surface area contributed by atoms with Gasteiger partial charge in [0.2, 0.25) is 15.9 Å². The molecule has 0 unspecified atom stereocenters. The molecule has 3 saturated heterocycles. The second-order valence-corrected chi connectivity index (χ2v) is 13.5. The van der Waals surface area contributed by atoms with Gasteiger partial charge in [0.15, 0.2) is 9.84 Å². The van der Waals surface area contributed by atoms with Crippen molar-refractivity contribution in [3.63, 3.8) is 0 Å². The van der Waals surface area contributed by atoms with E-state index in [4.69, 9.17) is 0 Å². The van der Waals surface area contributed by atoms with Crippen molar-refractivity contribution < 1.29 is 21.6 Å². The van der Waals surface area contributed by atoms with Gasteiger partial charge < -0.3 is 5.32 Å². The number of amides is 1. The minimum absolute atomic E-state index is 0.0956. The van der Waals surface area contributed by atoms with Crippen molar-refractivity contribution in [1.29, 1.82) is 0 Å². The first kappa shape index (κ1) is 24.6. The van der Waals surface area contributed by atoms with Crippen molar-refractivity contribution in [2.45, 2.75) is 43.5 Å². The van der Waals surface area contributed by atoms with E-state index < -0.39 is 19.9 Å². The fraction of sp³-hybridized carbons (Fsp3) is 0.682. The summed E-state index contributed by atoms with van der Waals surface area (Å²) >= 11 is 0. The van der Waals surface area contributed by atoms with Gasteiger partial charge in [0.05, 0.1) is 22.9 Å². The van der Waals surface area contributed by atoms with E-state index in [1.807, 2.05) is 6.92 Å². The molecule has 4 rings (SSSR count). The Balaban J connectivity index is 1.33. The minimum Gasteiger partial charge on any atom is -0.325 e. The van der Waals surface area contributed by atoms with Crippen LogP contribution < -0.4 is 5.32 Å². The Morgan fingerprint density at radius 2 is 1.76 bits per heavy atom. The molecule has 1 amide bonds. The lowest BCUT2D eigenvalue weighted by atomic mass is 10.2. The van der Waals surface area contributed by atoms with Gasteiger partial charge in [-0.15, -0.1) is 0 Å². The van der Waals surface area contributed by atoms with Gasteiger partial charge in [0.1, 0.15) is 0 Å². The second-order valence-electron chi connectivity index (χ2n) is 9.36. The predicted molar refractivity (Wildman–Crippen MR) is 127 cm³/mol. The first-order valence-electron chi connectivity index (χ1n) is 11.7. The van der Waals surface area contributed by atoms with Crippen molar-refractivity contribution in [2.24, 2.45) is 0 Å². The molecule has 9 nitrogen and oxygen atoms in total. The molecule has 1 aromatic carbocycles. The third-order valence-electron chi connectivity index (χ3n) is 6.93. The van der Waals surface area contributed by atoms with Crippen LogP contribution >= 0.6 is 0 Å². The van der Waals surface area contributed by atoms with Gasteiger partial charge in [-0.3, -0.25) is 14.6 Å². The SMILES string of the molecule is Cc1ccc(S(=O)(=O)N2CCCCC2)cc1NC(=O)CN1CCN([C@H]2CCS(=O)(=O)C2)CC1. The smallest absolute Gasteiger partial charge is 0.243 e. The molecule has 3 aliphatic rings. The zero-order chi connectivity index (χ0) is 23.6. The second kappa shape index (κ2) is 9.99. The van der Waals surface area contributed by atoms with E-state index in [2.05, 4.69) is 15.1 Å². The van der Waals surface area contributed by atoms with Crippen LogP contribution in [0.25, 0.3) is 0 Å². The average molecular weight is 499 g/mol. The van der Waals surface area contributed by atoms with Crippen molar-refractivity contribution >= 4 is 31.5 Å². The quantitative estimate of drug-likeness (QED) is 0.621. The number of nitrogens with one attached hydrogen (secondary N) is 1. The molecule has 0 aromatic heterocycles. The molecule has 3 aliphatic heterocycles. The molecular weight excluding hydrogens is 464 g/mol. The van der Waals surface area contributed by atoms with E-state index in [9.17, 15) is 21.6 Å². The summed E-state index contributed by atoms with van der Waals surface area (Å²) in [4.78, 5) is 17.2. The minimum atomic E-state index is -3.56. The van der Waals surface area contributed by atoms with Gasteiger partial charge in [-0.2, -0.15) is 4.31 Å². The van der Waals surface area contributed by atoms with Gasteiger partial charge in [-0.1, -0.05) is 12.5 Å². The summed E-state index contributed by atoms with van der Waals surface area (Å²) in [6, 6.07) is 5.01. The van der Waals surface area contributed by atoms with E-state index in [1.165, 1.54) is 4.31 Å². The van der Waals surface area contributed by atoms with Crippen molar-refractivity contribution in [1.82, 2.24) is 14.1 Å². The highest BCUT2D eigenvalue weighted by Crippen LogP contribution is 2.25. The Kier molecular flexibility index (Phi) is 7.44. The maximum absolute atomic E-state index is 13.0. The molecule has 1 aromatic rings. The summed E-state index contributed by atoms with van der Waals surface area (Å²) in [7, 11) is -6.47. The van der Waals surface area contributed by atoms with Crippen LogP contribution in [0.15, 0.2) is 23.1 Å². The third-order valence-corrected chi connectivity index (χ3v) is 10.6. The number of aryl methyl sites for hydroxylation is 1. The average Bonchev–Trinajstić information content (AvgIpc) is 3.16. The van der Waals surface area contributed by atoms with E-state index in [0.29, 0.717) is 38.3 Å². The fourth-order valence-corrected chi connectivity index (χ4v) is 8.20. The van der Waals surface area contributed by atoms with E-state index >= 15 is 0 Å². The van der Waals surface area contributed by atoms with E-state index in [-0.39, 0.29) is 34.9 Å². The number of piperidine rings is 1. The largest absolute Gasteiger partial charge is 0.325 e. The molecule has 0 aliphatic carbocycles. The molecule has 1 atom stereocenters. The van der Waals surface area contributed by atoms with Crippen molar-refractivity contribution in [2.75, 3.05) is 62.6 Å². The zero-order valence-electron chi connectivity index (χ0n) is 19.2. The van der Waals surface area contributed by atoms with Gasteiger partial charge >= 0.3 is 0 Å². The lowest BCUT2D eigenvalue weighted by Gasteiger charge is -2.37. The number of carbonyl (C=O) groups is 1. The van der Waals surface area contributed by atoms with Crippen LogP contribution in [-0.4, -0.2) is 100 Å². The Labute approximate surface area is 197 Å². The fourth-order valence-electron chi connectivity index (χ4n) is 4.89. The summed E-state index contributed by atoms with van der Waals surface area (Å²) in [5.74, 6) is 0.331. The van der Waals surface area contributed by atoms with Crippen molar-refractivity contribution in [3.8, 4) is 0 Å². The van der Waals surface area contributed by atoms with Gasteiger partial charge in [-0.05, 0) is 43.9 Å². The molecule has 1 N–H and O–H groups in total. The molecule has 0 saturated carbocycles. The third kappa shape index (κ3) is 5.94. The van der Waals surface area contributed by atoms with Crippen LogP contribution in [0, 0.1) is 6.92 Å². The maximum Gasteiger partial charge on any atom is 0.243 e. The number of sulfone groups is 1. The van der Waals surface area contributed by atoms with Crippen LogP contribution in [0.1, 0.15) is 31.2 Å². The summed E-state index contributed by atoms with van der Waals surface area (Å²) in [5, 5.41) is 2.89. The topological polar surface area (TPSA) is 107 Å². The van der Waals surface area contributed by atoms with E-state index in [1.54, 1.807) is 18.2 Å². The highest BCUT2D eigenvalue weighted by molar-refractivity contribution is 7.91. The summed E-state index contributed by atoms with van der Waals surface area (Å²) in [6.07, 6.45) is 3.49. The number of nitrogens with zero attached hydrogens (tertiary/aromatic N) is 3. The standard InChI is InChI=1S/C22H34N4O5S2/c1-18-5-6-20(33(30,31)26-8-3-2-4-9-26)15-21(18)23-22(27)16-24-10-12-25(13-11-24)19-7-14-32(28,29)17-19/h5-6,15,19H,2-4,7-14,16-17H2,1H3,(H,23,27)/t19-/m0/s1. The highest BCUT2D eigenvalue weighted by atomic mass is 32.2. The number of sulfonamides is 1. The van der Waals surface area contributed by atoms with E-state index in [0.717, 1.165) is 37.9 Å². The first-order chi connectivity index (χ1) is 15.6. The molecule has 0 bridgehead atoms. The predicted octanol–water partition coefficient (Wildman–Crippen LogP) is 0.913. The van der Waals surface area contributed by atoms with Gasteiger partial charge in [0, 0.05) is 51.0 Å². The normalized spacial score (nSPS) is 25.2. The Bertz CT molecular complexity index is 1080. The number of anilines is 1. The summed E-state index contributed by atoms with van der Waals surface area (Å²) in [6.45, 7) is 6.04. The highest BCUT2D eigenvalue weighted by Gasteiger charge is 2.34. The number of piperazine rings is 1.